The summed E-state index contributed by atoms with van der Waals surface area (Å²) in [6.07, 6.45) is 3.74. The Bertz CT molecular complexity index is 938. The zero-order chi connectivity index (χ0) is 20.9. The summed E-state index contributed by atoms with van der Waals surface area (Å²) in [5.74, 6) is 0.568. The molecule has 1 aromatic heterocycles. The summed E-state index contributed by atoms with van der Waals surface area (Å²) < 4.78 is 41.3. The van der Waals surface area contributed by atoms with Gasteiger partial charge >= 0.3 is 6.09 Å². The van der Waals surface area contributed by atoms with Gasteiger partial charge in [0.25, 0.3) is 0 Å². The van der Waals surface area contributed by atoms with Gasteiger partial charge in [0.05, 0.1) is 24.5 Å². The van der Waals surface area contributed by atoms with E-state index < -0.39 is 16.7 Å². The zero-order valence-corrected chi connectivity index (χ0v) is 17.2. The van der Waals surface area contributed by atoms with Crippen LogP contribution in [0.2, 0.25) is 0 Å². The van der Waals surface area contributed by atoms with E-state index in [0.29, 0.717) is 49.1 Å². The number of halogens is 1. The average molecular weight is 437 g/mol. The number of ether oxygens (including phenoxy) is 1. The molecule has 162 valence electrons. The lowest BCUT2D eigenvalue weighted by Crippen LogP contribution is -2.52. The van der Waals surface area contributed by atoms with E-state index in [1.165, 1.54) is 17.3 Å². The standard InChI is InChI=1S/C19H24FN5O4S/c20-16-7-14(25-9-15(29-18(25)26)8-24-13-21-12-22-24)1-2-17(16)23-5-3-19(4-6-23)10-30(27,28)11-19/h1-2,7,12-13,15,27-28H,3-6,8-11H2. The molecule has 0 bridgehead atoms. The maximum absolute atomic E-state index is 14.9. The molecule has 1 unspecified atom stereocenters. The van der Waals surface area contributed by atoms with Crippen molar-refractivity contribution in [2.24, 2.45) is 5.41 Å². The third kappa shape index (κ3) is 3.61. The summed E-state index contributed by atoms with van der Waals surface area (Å²) in [7, 11) is -2.37. The average Bonchev–Trinajstić information content (AvgIpc) is 3.31. The number of carbonyl (C=O) groups is 1. The predicted octanol–water partition coefficient (Wildman–Crippen LogP) is 2.79. The molecular formula is C19H24FN5O4S. The molecule has 9 nitrogen and oxygen atoms in total. The van der Waals surface area contributed by atoms with Gasteiger partial charge in [-0.2, -0.15) is 15.7 Å². The highest BCUT2D eigenvalue weighted by Crippen LogP contribution is 2.62. The van der Waals surface area contributed by atoms with Crippen LogP contribution in [0, 0.1) is 11.2 Å². The normalized spacial score (nSPS) is 25.8. The summed E-state index contributed by atoms with van der Waals surface area (Å²) in [6.45, 7) is 2.06. The van der Waals surface area contributed by atoms with Crippen LogP contribution in [0.5, 0.6) is 0 Å². The Morgan fingerprint density at radius 2 is 2.03 bits per heavy atom. The van der Waals surface area contributed by atoms with Gasteiger partial charge < -0.3 is 9.64 Å². The van der Waals surface area contributed by atoms with Crippen LogP contribution in [-0.4, -0.2) is 67.2 Å². The van der Waals surface area contributed by atoms with Gasteiger partial charge in [-0.15, -0.1) is 0 Å². The number of nitrogens with zero attached hydrogens (tertiary/aromatic N) is 5. The highest BCUT2D eigenvalue weighted by atomic mass is 32.3. The molecule has 2 N–H and O–H groups in total. The van der Waals surface area contributed by atoms with Crippen LogP contribution < -0.4 is 9.80 Å². The topological polar surface area (TPSA) is 104 Å². The molecular weight excluding hydrogens is 413 g/mol. The van der Waals surface area contributed by atoms with Crippen LogP contribution >= 0.6 is 10.6 Å². The van der Waals surface area contributed by atoms with E-state index >= 15 is 0 Å². The fraction of sp³-hybridized carbons (Fsp3) is 0.526. The molecule has 11 heteroatoms. The number of cyclic esters (lactones) is 1. The molecule has 3 saturated heterocycles. The molecule has 2 aromatic rings. The Labute approximate surface area is 174 Å². The first kappa shape index (κ1) is 19.6. The molecule has 3 aliphatic rings. The van der Waals surface area contributed by atoms with Crippen molar-refractivity contribution in [1.29, 1.82) is 0 Å². The summed E-state index contributed by atoms with van der Waals surface area (Å²) in [4.78, 5) is 19.6. The maximum Gasteiger partial charge on any atom is 0.414 e. The number of amides is 1. The minimum absolute atomic E-state index is 0.00413. The van der Waals surface area contributed by atoms with Crippen molar-refractivity contribution in [1.82, 2.24) is 14.8 Å². The third-order valence-electron chi connectivity index (χ3n) is 6.21. The Kier molecular flexibility index (Phi) is 4.64. The van der Waals surface area contributed by atoms with E-state index in [-0.39, 0.29) is 17.3 Å². The number of hydrogen-bond acceptors (Lipinski definition) is 7. The van der Waals surface area contributed by atoms with E-state index in [1.807, 2.05) is 4.90 Å². The Hall–Kier alpha value is -2.37. The Balaban J connectivity index is 1.24. The van der Waals surface area contributed by atoms with Gasteiger partial charge in [-0.3, -0.25) is 14.0 Å². The minimum atomic E-state index is -2.37. The van der Waals surface area contributed by atoms with E-state index in [2.05, 4.69) is 10.1 Å². The SMILES string of the molecule is O=C1OC(Cn2cncn2)CN1c1ccc(N2CCC3(CC2)CS(O)(O)C3)c(F)c1. The Morgan fingerprint density at radius 1 is 1.27 bits per heavy atom. The highest BCUT2D eigenvalue weighted by molar-refractivity contribution is 8.25. The highest BCUT2D eigenvalue weighted by Gasteiger charge is 2.49. The van der Waals surface area contributed by atoms with Crippen LogP contribution in [0.15, 0.2) is 30.9 Å². The number of benzene rings is 1. The van der Waals surface area contributed by atoms with E-state index in [4.69, 9.17) is 4.74 Å². The van der Waals surface area contributed by atoms with Crippen molar-refractivity contribution < 1.29 is 23.0 Å². The molecule has 1 amide bonds. The van der Waals surface area contributed by atoms with Gasteiger partial charge in [0, 0.05) is 30.0 Å². The number of anilines is 2. The molecule has 1 atom stereocenters. The molecule has 3 fully saturated rings. The van der Waals surface area contributed by atoms with Crippen LogP contribution in [0.3, 0.4) is 0 Å². The van der Waals surface area contributed by atoms with Crippen molar-refractivity contribution in [3.8, 4) is 0 Å². The lowest BCUT2D eigenvalue weighted by molar-refractivity contribution is 0.129. The first-order valence-electron chi connectivity index (χ1n) is 9.91. The van der Waals surface area contributed by atoms with Crippen molar-refractivity contribution in [2.45, 2.75) is 25.5 Å². The maximum atomic E-state index is 14.9. The number of aromatic nitrogens is 3. The lowest BCUT2D eigenvalue weighted by atomic mass is 9.81. The van der Waals surface area contributed by atoms with E-state index in [0.717, 1.165) is 12.8 Å². The fourth-order valence-electron chi connectivity index (χ4n) is 4.73. The largest absolute Gasteiger partial charge is 0.442 e. The summed E-state index contributed by atoms with van der Waals surface area (Å²) >= 11 is 0. The number of piperidine rings is 1. The van der Waals surface area contributed by atoms with Crippen LogP contribution in [0.25, 0.3) is 0 Å². The number of rotatable bonds is 4. The fourth-order valence-corrected chi connectivity index (χ4v) is 7.19. The van der Waals surface area contributed by atoms with Crippen molar-refractivity contribution in [2.75, 3.05) is 40.9 Å². The minimum Gasteiger partial charge on any atom is -0.442 e. The number of hydrogen-bond donors (Lipinski definition) is 2. The van der Waals surface area contributed by atoms with Crippen molar-refractivity contribution in [3.63, 3.8) is 0 Å². The van der Waals surface area contributed by atoms with Crippen LogP contribution in [0.4, 0.5) is 20.6 Å². The smallest absolute Gasteiger partial charge is 0.414 e. The molecule has 5 rings (SSSR count). The van der Waals surface area contributed by atoms with Gasteiger partial charge in [-0.25, -0.2) is 18.9 Å². The molecule has 0 radical (unpaired) electrons. The van der Waals surface area contributed by atoms with Gasteiger partial charge in [-0.05, 0) is 31.0 Å². The summed E-state index contributed by atoms with van der Waals surface area (Å²) in [5.41, 5.74) is 0.972. The van der Waals surface area contributed by atoms with Gasteiger partial charge in [0.1, 0.15) is 24.6 Å². The molecule has 1 aromatic carbocycles. The van der Waals surface area contributed by atoms with E-state index in [9.17, 15) is 18.3 Å². The molecule has 30 heavy (non-hydrogen) atoms. The Morgan fingerprint density at radius 3 is 2.67 bits per heavy atom. The quantitative estimate of drug-likeness (QED) is 0.758. The second kappa shape index (κ2) is 7.10. The first-order valence-corrected chi connectivity index (χ1v) is 11.8. The van der Waals surface area contributed by atoms with Gasteiger partial charge in [0.2, 0.25) is 0 Å². The molecule has 0 aliphatic carbocycles. The first-order chi connectivity index (χ1) is 14.3. The van der Waals surface area contributed by atoms with Gasteiger partial charge in [-0.1, -0.05) is 0 Å². The summed E-state index contributed by atoms with van der Waals surface area (Å²) in [5, 5.41) is 4.01. The van der Waals surface area contributed by atoms with Gasteiger partial charge in [0.15, 0.2) is 0 Å². The zero-order valence-electron chi connectivity index (χ0n) is 16.4. The van der Waals surface area contributed by atoms with Crippen molar-refractivity contribution in [3.05, 3.63) is 36.7 Å². The molecule has 4 heterocycles. The second-order valence-corrected chi connectivity index (χ2v) is 10.6. The predicted molar refractivity (Wildman–Crippen MR) is 110 cm³/mol. The monoisotopic (exact) mass is 437 g/mol. The summed E-state index contributed by atoms with van der Waals surface area (Å²) in [6, 6.07) is 4.82. The molecule has 3 aliphatic heterocycles. The third-order valence-corrected chi connectivity index (χ3v) is 8.36. The molecule has 1 spiro atoms. The second-order valence-electron chi connectivity index (χ2n) is 8.45. The molecule has 0 saturated carbocycles. The van der Waals surface area contributed by atoms with Crippen LogP contribution in [0.1, 0.15) is 12.8 Å². The van der Waals surface area contributed by atoms with Crippen LogP contribution in [-0.2, 0) is 11.3 Å². The van der Waals surface area contributed by atoms with Crippen molar-refractivity contribution >= 4 is 28.1 Å². The number of carbonyl (C=O) groups excluding carboxylic acids is 1. The van der Waals surface area contributed by atoms with E-state index in [1.54, 1.807) is 23.1 Å². The lowest BCUT2D eigenvalue weighted by Gasteiger charge is -2.58.